The average Bonchev–Trinajstić information content (AvgIpc) is 2.34. The molecule has 6 nitrogen and oxygen atoms in total. The summed E-state index contributed by atoms with van der Waals surface area (Å²) in [5.41, 5.74) is -1.43. The Bertz CT molecular complexity index is 598. The first-order valence-electron chi connectivity index (χ1n) is 4.40. The number of halogens is 2. The van der Waals surface area contributed by atoms with Gasteiger partial charge in [-0.25, -0.2) is 8.78 Å². The van der Waals surface area contributed by atoms with Crippen molar-refractivity contribution in [3.63, 3.8) is 0 Å². The quantitative estimate of drug-likeness (QED) is 0.503. The van der Waals surface area contributed by atoms with Crippen molar-refractivity contribution >= 4 is 11.4 Å². The van der Waals surface area contributed by atoms with E-state index in [-0.39, 0.29) is 11.3 Å². The lowest BCUT2D eigenvalue weighted by Crippen LogP contribution is -1.99. The fourth-order valence-corrected chi connectivity index (χ4v) is 1.04. The molecule has 1 rings (SSSR count). The van der Waals surface area contributed by atoms with Gasteiger partial charge < -0.3 is 5.32 Å². The van der Waals surface area contributed by atoms with E-state index in [9.17, 15) is 18.9 Å². The predicted octanol–water partition coefficient (Wildman–Crippen LogP) is 2.22. The maximum atomic E-state index is 12.9. The average molecular weight is 250 g/mol. The summed E-state index contributed by atoms with van der Waals surface area (Å²) >= 11 is 0. The number of nitro benzene ring substituents is 1. The van der Waals surface area contributed by atoms with Crippen molar-refractivity contribution in [1.29, 1.82) is 10.5 Å². The van der Waals surface area contributed by atoms with E-state index in [0.717, 1.165) is 6.20 Å². The van der Waals surface area contributed by atoms with Gasteiger partial charge >= 0.3 is 0 Å². The molecule has 0 aliphatic carbocycles. The Hall–Kier alpha value is -3.00. The first-order chi connectivity index (χ1) is 8.49. The van der Waals surface area contributed by atoms with Crippen molar-refractivity contribution in [3.8, 4) is 12.1 Å². The van der Waals surface area contributed by atoms with E-state index < -0.39 is 22.2 Å². The molecule has 0 bridgehead atoms. The molecule has 0 aliphatic heterocycles. The minimum absolute atomic E-state index is 0.359. The summed E-state index contributed by atoms with van der Waals surface area (Å²) in [6.07, 6.45) is 0.861. The number of allylic oxidation sites excluding steroid dienone is 1. The van der Waals surface area contributed by atoms with Gasteiger partial charge in [-0.3, -0.25) is 10.1 Å². The number of nitriles is 2. The van der Waals surface area contributed by atoms with Crippen molar-refractivity contribution in [2.45, 2.75) is 0 Å². The first kappa shape index (κ1) is 13.1. The van der Waals surface area contributed by atoms with Crippen molar-refractivity contribution in [2.24, 2.45) is 0 Å². The molecule has 1 aromatic rings. The van der Waals surface area contributed by atoms with Crippen LogP contribution in [0.2, 0.25) is 0 Å². The third kappa shape index (κ3) is 2.77. The van der Waals surface area contributed by atoms with Crippen LogP contribution in [0.5, 0.6) is 0 Å². The second-order valence-electron chi connectivity index (χ2n) is 2.97. The summed E-state index contributed by atoms with van der Waals surface area (Å²) in [5.74, 6) is -2.65. The van der Waals surface area contributed by atoms with E-state index in [1.807, 2.05) is 0 Å². The SMILES string of the molecule is N#CC(C#N)=CNc1cc(F)c(F)cc1[N+](=O)[O-]. The fraction of sp³-hybridized carbons (Fsp3) is 0. The Balaban J connectivity index is 3.21. The summed E-state index contributed by atoms with van der Waals surface area (Å²) < 4.78 is 25.7. The smallest absolute Gasteiger partial charge is 0.295 e. The van der Waals surface area contributed by atoms with Gasteiger partial charge in [0.15, 0.2) is 11.6 Å². The molecule has 0 aliphatic rings. The van der Waals surface area contributed by atoms with Gasteiger partial charge in [-0.2, -0.15) is 10.5 Å². The number of rotatable bonds is 3. The molecule has 1 N–H and O–H groups in total. The standard InChI is InChI=1S/C10H4F2N4O2/c11-7-1-9(15-5-6(3-13)4-14)10(16(17)18)2-8(7)12/h1-2,5,15H. The van der Waals surface area contributed by atoms with Crippen LogP contribution in [-0.4, -0.2) is 4.92 Å². The monoisotopic (exact) mass is 250 g/mol. The maximum absolute atomic E-state index is 12.9. The van der Waals surface area contributed by atoms with Gasteiger partial charge in [0.25, 0.3) is 5.69 Å². The summed E-state index contributed by atoms with van der Waals surface area (Å²) in [7, 11) is 0. The topological polar surface area (TPSA) is 103 Å². The number of nitrogens with one attached hydrogen (secondary N) is 1. The van der Waals surface area contributed by atoms with Gasteiger partial charge in [-0.15, -0.1) is 0 Å². The number of hydrogen-bond acceptors (Lipinski definition) is 5. The molecule has 0 saturated heterocycles. The third-order valence-electron chi connectivity index (χ3n) is 1.85. The summed E-state index contributed by atoms with van der Waals surface area (Å²) in [6.45, 7) is 0. The van der Waals surface area contributed by atoms with Crippen LogP contribution in [0.1, 0.15) is 0 Å². The van der Waals surface area contributed by atoms with Crippen LogP contribution in [0.15, 0.2) is 23.9 Å². The van der Waals surface area contributed by atoms with Crippen molar-refractivity contribution in [3.05, 3.63) is 45.7 Å². The highest BCUT2D eigenvalue weighted by Gasteiger charge is 2.18. The minimum Gasteiger partial charge on any atom is -0.354 e. The molecule has 0 unspecified atom stereocenters. The van der Waals surface area contributed by atoms with Crippen LogP contribution in [0.3, 0.4) is 0 Å². The molecule has 0 radical (unpaired) electrons. The van der Waals surface area contributed by atoms with Gasteiger partial charge in [-0.1, -0.05) is 0 Å². The van der Waals surface area contributed by atoms with Crippen LogP contribution >= 0.6 is 0 Å². The van der Waals surface area contributed by atoms with Gasteiger partial charge in [0, 0.05) is 12.3 Å². The normalized spacial score (nSPS) is 8.89. The lowest BCUT2D eigenvalue weighted by atomic mass is 10.2. The zero-order valence-electron chi connectivity index (χ0n) is 8.65. The minimum atomic E-state index is -1.36. The number of anilines is 1. The van der Waals surface area contributed by atoms with Crippen LogP contribution in [0.25, 0.3) is 0 Å². The van der Waals surface area contributed by atoms with Crippen LogP contribution in [0, 0.1) is 44.4 Å². The molecular formula is C10H4F2N4O2. The Morgan fingerprint density at radius 3 is 2.39 bits per heavy atom. The molecule has 0 atom stereocenters. The molecule has 90 valence electrons. The van der Waals surface area contributed by atoms with Crippen molar-refractivity contribution in [1.82, 2.24) is 0 Å². The second-order valence-corrected chi connectivity index (χ2v) is 2.97. The van der Waals surface area contributed by atoms with Gasteiger partial charge in [0.05, 0.1) is 11.0 Å². The summed E-state index contributed by atoms with van der Waals surface area (Å²) in [6, 6.07) is 3.97. The summed E-state index contributed by atoms with van der Waals surface area (Å²) in [5, 5.41) is 29.7. The predicted molar refractivity (Wildman–Crippen MR) is 55.9 cm³/mol. The Morgan fingerprint density at radius 1 is 1.33 bits per heavy atom. The van der Waals surface area contributed by atoms with Crippen LogP contribution < -0.4 is 5.32 Å². The van der Waals surface area contributed by atoms with E-state index in [0.29, 0.717) is 12.1 Å². The zero-order chi connectivity index (χ0) is 13.7. The van der Waals surface area contributed by atoms with E-state index >= 15 is 0 Å². The van der Waals surface area contributed by atoms with Gasteiger partial charge in [-0.05, 0) is 0 Å². The highest BCUT2D eigenvalue weighted by atomic mass is 19.2. The number of hydrogen-bond donors (Lipinski definition) is 1. The highest BCUT2D eigenvalue weighted by Crippen LogP contribution is 2.27. The van der Waals surface area contributed by atoms with E-state index in [4.69, 9.17) is 10.5 Å². The zero-order valence-corrected chi connectivity index (χ0v) is 8.65. The van der Waals surface area contributed by atoms with E-state index in [1.54, 1.807) is 0 Å². The molecule has 0 spiro atoms. The van der Waals surface area contributed by atoms with Gasteiger partial charge in [0.2, 0.25) is 0 Å². The molecule has 1 aromatic carbocycles. The first-order valence-corrected chi connectivity index (χ1v) is 4.40. The van der Waals surface area contributed by atoms with Crippen LogP contribution in [-0.2, 0) is 0 Å². The van der Waals surface area contributed by atoms with Crippen molar-refractivity contribution in [2.75, 3.05) is 5.32 Å². The highest BCUT2D eigenvalue weighted by molar-refractivity contribution is 5.63. The molecule has 0 aromatic heterocycles. The number of nitrogens with zero attached hydrogens (tertiary/aromatic N) is 3. The number of nitro groups is 1. The van der Waals surface area contributed by atoms with E-state index in [2.05, 4.69) is 5.32 Å². The second kappa shape index (κ2) is 5.37. The largest absolute Gasteiger partial charge is 0.354 e. The molecule has 0 amide bonds. The Labute approximate surface area is 99.5 Å². The summed E-state index contributed by atoms with van der Waals surface area (Å²) in [4.78, 5) is 9.68. The molecule has 0 saturated carbocycles. The maximum Gasteiger partial charge on any atom is 0.295 e. The van der Waals surface area contributed by atoms with Crippen LogP contribution in [0.4, 0.5) is 20.2 Å². The lowest BCUT2D eigenvalue weighted by molar-refractivity contribution is -0.384. The molecular weight excluding hydrogens is 246 g/mol. The Kier molecular flexibility index (Phi) is 3.89. The van der Waals surface area contributed by atoms with Crippen molar-refractivity contribution < 1.29 is 13.7 Å². The molecule has 8 heteroatoms. The molecule has 0 fully saturated rings. The van der Waals surface area contributed by atoms with E-state index in [1.165, 1.54) is 12.1 Å². The third-order valence-corrected chi connectivity index (χ3v) is 1.85. The lowest BCUT2D eigenvalue weighted by Gasteiger charge is -2.03. The fourth-order valence-electron chi connectivity index (χ4n) is 1.04. The number of benzene rings is 1. The molecule has 18 heavy (non-hydrogen) atoms. The molecule has 0 heterocycles. The van der Waals surface area contributed by atoms with Gasteiger partial charge in [0.1, 0.15) is 23.4 Å². The Morgan fingerprint density at radius 2 is 1.89 bits per heavy atom.